The minimum absolute atomic E-state index is 0.223. The van der Waals surface area contributed by atoms with Gasteiger partial charge in [0.2, 0.25) is 0 Å². The highest BCUT2D eigenvalue weighted by Gasteiger charge is 2.11. The minimum atomic E-state index is -0.536. The Bertz CT molecular complexity index is 528. The summed E-state index contributed by atoms with van der Waals surface area (Å²) in [6.07, 6.45) is 1.45. The molecule has 0 aliphatic heterocycles. The summed E-state index contributed by atoms with van der Waals surface area (Å²) in [5.41, 5.74) is 0.118. The summed E-state index contributed by atoms with van der Waals surface area (Å²) < 4.78 is 6.53. The van der Waals surface area contributed by atoms with E-state index in [4.69, 9.17) is 0 Å². The largest absolute Gasteiger partial charge is 0.468 e. The molecule has 0 saturated carbocycles. The van der Waals surface area contributed by atoms with Gasteiger partial charge in [0.1, 0.15) is 11.0 Å². The highest BCUT2D eigenvalue weighted by molar-refractivity contribution is 9.11. The number of rotatable bonds is 5. The summed E-state index contributed by atoms with van der Waals surface area (Å²) in [5.74, 6) is -0.536. The molecule has 1 aromatic heterocycles. The topological polar surface area (TPSA) is 73.2 Å². The molecule has 18 heavy (non-hydrogen) atoms. The number of aromatic nitrogens is 2. The van der Waals surface area contributed by atoms with Gasteiger partial charge in [-0.15, -0.1) is 0 Å². The van der Waals surface area contributed by atoms with Gasteiger partial charge in [0, 0.05) is 11.0 Å². The van der Waals surface area contributed by atoms with Gasteiger partial charge in [-0.3, -0.25) is 9.59 Å². The van der Waals surface area contributed by atoms with Crippen LogP contribution in [-0.4, -0.2) is 29.4 Å². The van der Waals surface area contributed by atoms with Gasteiger partial charge < -0.3 is 10.1 Å². The molecule has 0 unspecified atom stereocenters. The molecule has 0 aromatic carbocycles. The van der Waals surface area contributed by atoms with Crippen LogP contribution in [0.1, 0.15) is 0 Å². The lowest BCUT2D eigenvalue weighted by Crippen LogP contribution is -2.28. The van der Waals surface area contributed by atoms with Gasteiger partial charge in [-0.1, -0.05) is 22.5 Å². The molecule has 0 atom stereocenters. The molecule has 8 heteroatoms. The van der Waals surface area contributed by atoms with E-state index in [9.17, 15) is 9.59 Å². The maximum absolute atomic E-state index is 11.9. The number of nitrogens with zero attached hydrogens (tertiary/aromatic N) is 2. The Morgan fingerprint density at radius 3 is 2.89 bits per heavy atom. The molecule has 0 aliphatic rings. The maximum Gasteiger partial charge on any atom is 0.327 e. The molecule has 0 amide bonds. The second kappa shape index (κ2) is 6.69. The first-order chi connectivity index (χ1) is 8.45. The van der Waals surface area contributed by atoms with Gasteiger partial charge in [0.25, 0.3) is 5.56 Å². The lowest BCUT2D eigenvalue weighted by Gasteiger charge is -2.09. The van der Waals surface area contributed by atoms with Gasteiger partial charge in [-0.05, 0) is 15.9 Å². The van der Waals surface area contributed by atoms with Crippen molar-refractivity contribution in [3.8, 4) is 0 Å². The van der Waals surface area contributed by atoms with E-state index in [2.05, 4.69) is 53.6 Å². The second-order valence-corrected chi connectivity index (χ2v) is 5.20. The number of halogens is 2. The fourth-order valence-electron chi connectivity index (χ4n) is 1.08. The zero-order valence-electron chi connectivity index (χ0n) is 9.57. The van der Waals surface area contributed by atoms with E-state index in [1.165, 1.54) is 13.3 Å². The molecule has 1 N–H and O–H groups in total. The van der Waals surface area contributed by atoms with Crippen LogP contribution in [0.3, 0.4) is 0 Å². The molecule has 1 aromatic rings. The van der Waals surface area contributed by atoms with Crippen molar-refractivity contribution >= 4 is 43.5 Å². The molecule has 0 spiro atoms. The molecule has 6 nitrogen and oxygen atoms in total. The van der Waals surface area contributed by atoms with Gasteiger partial charge >= 0.3 is 5.97 Å². The number of carbonyl (C=O) groups is 1. The highest BCUT2D eigenvalue weighted by atomic mass is 79.9. The van der Waals surface area contributed by atoms with Crippen LogP contribution in [0.25, 0.3) is 0 Å². The van der Waals surface area contributed by atoms with E-state index >= 15 is 0 Å². The molecule has 1 rings (SSSR count). The van der Waals surface area contributed by atoms with Crippen molar-refractivity contribution in [2.75, 3.05) is 19.0 Å². The SMILES string of the molecule is C=C(Br)CNc1cnn(CC(=O)OC)c(=O)c1Br. The Labute approximate surface area is 120 Å². The molecular weight excluding hydrogens is 370 g/mol. The standard InChI is InChI=1S/C10H11Br2N3O3/c1-6(11)3-13-7-4-14-15(5-8(16)18-2)10(17)9(7)12/h4,13H,1,3,5H2,2H3. The molecule has 0 fully saturated rings. The monoisotopic (exact) mass is 379 g/mol. The van der Waals surface area contributed by atoms with Crippen LogP contribution in [0.5, 0.6) is 0 Å². The van der Waals surface area contributed by atoms with Crippen LogP contribution in [0.15, 0.2) is 26.5 Å². The molecule has 0 saturated heterocycles. The number of hydrogen-bond donors (Lipinski definition) is 1. The van der Waals surface area contributed by atoms with E-state index in [1.807, 2.05) is 0 Å². The average molecular weight is 381 g/mol. The summed E-state index contributed by atoms with van der Waals surface area (Å²) >= 11 is 6.35. The fourth-order valence-corrected chi connectivity index (χ4v) is 1.67. The summed E-state index contributed by atoms with van der Waals surface area (Å²) in [5, 5.41) is 6.83. The predicted octanol–water partition coefficient (Wildman–Crippen LogP) is 1.50. The third-order valence-electron chi connectivity index (χ3n) is 1.96. The first-order valence-corrected chi connectivity index (χ1v) is 6.44. The van der Waals surface area contributed by atoms with Crippen molar-refractivity contribution in [3.05, 3.63) is 32.1 Å². The van der Waals surface area contributed by atoms with Crippen LogP contribution in [0.4, 0.5) is 5.69 Å². The lowest BCUT2D eigenvalue weighted by atomic mass is 10.4. The molecule has 0 bridgehead atoms. The molecule has 0 aliphatic carbocycles. The van der Waals surface area contributed by atoms with E-state index < -0.39 is 11.5 Å². The van der Waals surface area contributed by atoms with E-state index in [-0.39, 0.29) is 6.54 Å². The van der Waals surface area contributed by atoms with Crippen molar-refractivity contribution < 1.29 is 9.53 Å². The number of nitrogens with one attached hydrogen (secondary N) is 1. The zero-order valence-corrected chi connectivity index (χ0v) is 12.7. The van der Waals surface area contributed by atoms with Crippen LogP contribution < -0.4 is 10.9 Å². The molecule has 98 valence electrons. The number of esters is 1. The third kappa shape index (κ3) is 3.95. The van der Waals surface area contributed by atoms with E-state index in [0.717, 1.165) is 9.16 Å². The number of ether oxygens (including phenoxy) is 1. The van der Waals surface area contributed by atoms with Gasteiger partial charge in [-0.25, -0.2) is 4.68 Å². The predicted molar refractivity (Wildman–Crippen MR) is 74.8 cm³/mol. The van der Waals surface area contributed by atoms with Crippen LogP contribution in [-0.2, 0) is 16.1 Å². The lowest BCUT2D eigenvalue weighted by molar-refractivity contribution is -0.141. The normalized spacial score (nSPS) is 9.94. The van der Waals surface area contributed by atoms with Crippen LogP contribution in [0.2, 0.25) is 0 Å². The van der Waals surface area contributed by atoms with E-state index in [1.54, 1.807) is 0 Å². The second-order valence-electron chi connectivity index (χ2n) is 3.28. The number of carbonyl (C=O) groups excluding carboxylic acids is 1. The summed E-state index contributed by atoms with van der Waals surface area (Å²) in [6.45, 7) is 3.90. The number of methoxy groups -OCH3 is 1. The Balaban J connectivity index is 2.94. The fraction of sp³-hybridized carbons (Fsp3) is 0.300. The van der Waals surface area contributed by atoms with Crippen molar-refractivity contribution in [1.82, 2.24) is 9.78 Å². The summed E-state index contributed by atoms with van der Waals surface area (Å²) in [7, 11) is 1.25. The minimum Gasteiger partial charge on any atom is -0.468 e. The van der Waals surface area contributed by atoms with Crippen molar-refractivity contribution in [3.63, 3.8) is 0 Å². The van der Waals surface area contributed by atoms with E-state index in [0.29, 0.717) is 16.7 Å². The molecule has 0 radical (unpaired) electrons. The smallest absolute Gasteiger partial charge is 0.327 e. The highest BCUT2D eigenvalue weighted by Crippen LogP contribution is 2.16. The van der Waals surface area contributed by atoms with Gasteiger partial charge in [0.15, 0.2) is 0 Å². The molecule has 1 heterocycles. The quantitative estimate of drug-likeness (QED) is 0.783. The Morgan fingerprint density at radius 1 is 1.67 bits per heavy atom. The first-order valence-electron chi connectivity index (χ1n) is 4.85. The Hall–Kier alpha value is -1.15. The molecular formula is C10H11Br2N3O3. The van der Waals surface area contributed by atoms with Gasteiger partial charge in [0.05, 0.1) is 19.0 Å². The van der Waals surface area contributed by atoms with Crippen molar-refractivity contribution in [1.29, 1.82) is 0 Å². The van der Waals surface area contributed by atoms with Gasteiger partial charge in [-0.2, -0.15) is 5.10 Å². The average Bonchev–Trinajstić information content (AvgIpc) is 2.33. The van der Waals surface area contributed by atoms with Crippen LogP contribution in [0, 0.1) is 0 Å². The number of hydrogen-bond acceptors (Lipinski definition) is 5. The van der Waals surface area contributed by atoms with Crippen molar-refractivity contribution in [2.45, 2.75) is 6.54 Å². The Kier molecular flexibility index (Phi) is 5.54. The van der Waals surface area contributed by atoms with Crippen LogP contribution >= 0.6 is 31.9 Å². The zero-order chi connectivity index (χ0) is 13.7. The summed E-state index contributed by atoms with van der Waals surface area (Å²) in [6, 6.07) is 0. The number of anilines is 1. The third-order valence-corrected chi connectivity index (χ3v) is 3.01. The van der Waals surface area contributed by atoms with Crippen molar-refractivity contribution in [2.24, 2.45) is 0 Å². The Morgan fingerprint density at radius 2 is 2.33 bits per heavy atom. The maximum atomic E-state index is 11.9. The first kappa shape index (κ1) is 14.9. The summed E-state index contributed by atoms with van der Waals surface area (Å²) in [4.78, 5) is 22.9.